The first-order valence-electron chi connectivity index (χ1n) is 7.38. The zero-order valence-electron chi connectivity index (χ0n) is 12.9. The summed E-state index contributed by atoms with van der Waals surface area (Å²) in [5, 5.41) is 2.39. The SMILES string of the molecule is CC=Nc1cc(CN)ccc1/C=C(\C)C1CCC(=O)NC1=O. The van der Waals surface area contributed by atoms with Crippen molar-refractivity contribution in [3.63, 3.8) is 0 Å². The van der Waals surface area contributed by atoms with E-state index in [4.69, 9.17) is 5.73 Å². The highest BCUT2D eigenvalue weighted by atomic mass is 16.2. The molecule has 0 saturated carbocycles. The van der Waals surface area contributed by atoms with Crippen molar-refractivity contribution in [1.29, 1.82) is 0 Å². The Kier molecular flexibility index (Phi) is 5.22. The van der Waals surface area contributed by atoms with Gasteiger partial charge in [0.15, 0.2) is 0 Å². The lowest BCUT2D eigenvalue weighted by Crippen LogP contribution is -2.41. The molecule has 22 heavy (non-hydrogen) atoms. The molecule has 1 aliphatic heterocycles. The standard InChI is InChI=1S/C17H21N3O2/c1-3-19-15-9-12(10-18)4-5-13(15)8-11(2)14-6-7-16(21)20-17(14)22/h3-5,8-9,14H,6-7,10,18H2,1-2H3,(H,20,21,22)/b11-8+,19-3?. The first-order valence-corrected chi connectivity index (χ1v) is 7.38. The van der Waals surface area contributed by atoms with Crippen molar-refractivity contribution in [2.24, 2.45) is 16.6 Å². The Balaban J connectivity index is 2.31. The molecule has 116 valence electrons. The third-order valence-electron chi connectivity index (χ3n) is 3.77. The summed E-state index contributed by atoms with van der Waals surface area (Å²) in [6.07, 6.45) is 4.63. The van der Waals surface area contributed by atoms with E-state index in [9.17, 15) is 9.59 Å². The molecule has 0 radical (unpaired) electrons. The number of carbonyl (C=O) groups is 2. The van der Waals surface area contributed by atoms with E-state index in [1.165, 1.54) is 0 Å². The van der Waals surface area contributed by atoms with Crippen molar-refractivity contribution in [3.8, 4) is 0 Å². The first-order chi connectivity index (χ1) is 10.5. The molecule has 2 amide bonds. The predicted molar refractivity (Wildman–Crippen MR) is 87.7 cm³/mol. The van der Waals surface area contributed by atoms with Crippen LogP contribution < -0.4 is 11.1 Å². The molecule has 2 rings (SSSR count). The summed E-state index contributed by atoms with van der Waals surface area (Å²) >= 11 is 0. The van der Waals surface area contributed by atoms with E-state index in [0.29, 0.717) is 19.4 Å². The Labute approximate surface area is 130 Å². The van der Waals surface area contributed by atoms with E-state index >= 15 is 0 Å². The lowest BCUT2D eigenvalue weighted by molar-refractivity contribution is -0.135. The molecule has 1 fully saturated rings. The fourth-order valence-corrected chi connectivity index (χ4v) is 2.56. The number of piperidine rings is 1. The number of nitrogens with two attached hydrogens (primary N) is 1. The van der Waals surface area contributed by atoms with Gasteiger partial charge in [-0.25, -0.2) is 0 Å². The summed E-state index contributed by atoms with van der Waals surface area (Å²) in [6, 6.07) is 5.86. The van der Waals surface area contributed by atoms with Gasteiger partial charge in [-0.1, -0.05) is 23.8 Å². The van der Waals surface area contributed by atoms with Crippen LogP contribution in [0.1, 0.15) is 37.8 Å². The third kappa shape index (κ3) is 3.68. The summed E-state index contributed by atoms with van der Waals surface area (Å²) in [4.78, 5) is 27.5. The number of carbonyl (C=O) groups excluding carboxylic acids is 2. The Morgan fingerprint density at radius 1 is 1.45 bits per heavy atom. The normalized spacial score (nSPS) is 19.6. The minimum Gasteiger partial charge on any atom is -0.326 e. The molecular weight excluding hydrogens is 278 g/mol. The molecule has 0 spiro atoms. The van der Waals surface area contributed by atoms with Gasteiger partial charge in [0.25, 0.3) is 0 Å². The lowest BCUT2D eigenvalue weighted by Gasteiger charge is -2.21. The zero-order chi connectivity index (χ0) is 16.1. The van der Waals surface area contributed by atoms with Crippen LogP contribution >= 0.6 is 0 Å². The molecule has 1 atom stereocenters. The summed E-state index contributed by atoms with van der Waals surface area (Å²) in [5.41, 5.74) is 9.37. The molecule has 1 aromatic carbocycles. The van der Waals surface area contributed by atoms with E-state index in [1.807, 2.05) is 38.1 Å². The largest absolute Gasteiger partial charge is 0.326 e. The van der Waals surface area contributed by atoms with Gasteiger partial charge in [-0.05, 0) is 31.9 Å². The molecule has 1 aromatic rings. The van der Waals surface area contributed by atoms with Crippen LogP contribution in [0.3, 0.4) is 0 Å². The Hall–Kier alpha value is -2.27. The first kappa shape index (κ1) is 16.1. The van der Waals surface area contributed by atoms with Gasteiger partial charge in [-0.3, -0.25) is 19.9 Å². The Morgan fingerprint density at radius 2 is 2.23 bits per heavy atom. The predicted octanol–water partition coefficient (Wildman–Crippen LogP) is 2.32. The second-order valence-corrected chi connectivity index (χ2v) is 5.38. The molecule has 0 bridgehead atoms. The monoisotopic (exact) mass is 299 g/mol. The van der Waals surface area contributed by atoms with Crippen LogP contribution in [0.5, 0.6) is 0 Å². The molecule has 5 nitrogen and oxygen atoms in total. The molecule has 3 N–H and O–H groups in total. The zero-order valence-corrected chi connectivity index (χ0v) is 12.9. The number of hydrogen-bond donors (Lipinski definition) is 2. The van der Waals surface area contributed by atoms with Crippen LogP contribution in [0.15, 0.2) is 28.8 Å². The quantitative estimate of drug-likeness (QED) is 0.661. The van der Waals surface area contributed by atoms with Crippen molar-refractivity contribution >= 4 is 29.8 Å². The maximum atomic E-state index is 11.9. The van der Waals surface area contributed by atoms with Crippen LogP contribution in [-0.4, -0.2) is 18.0 Å². The Bertz CT molecular complexity index is 647. The number of imide groups is 1. The van der Waals surface area contributed by atoms with Gasteiger partial charge in [-0.2, -0.15) is 0 Å². The van der Waals surface area contributed by atoms with E-state index in [1.54, 1.807) is 6.21 Å². The van der Waals surface area contributed by atoms with Crippen LogP contribution in [0.2, 0.25) is 0 Å². The van der Waals surface area contributed by atoms with E-state index < -0.39 is 0 Å². The topological polar surface area (TPSA) is 84.5 Å². The summed E-state index contributed by atoms with van der Waals surface area (Å²) in [5.74, 6) is -0.674. The molecule has 5 heteroatoms. The highest BCUT2D eigenvalue weighted by Crippen LogP contribution is 2.27. The number of nitrogens with one attached hydrogen (secondary N) is 1. The number of amides is 2. The van der Waals surface area contributed by atoms with Gasteiger partial charge in [0.1, 0.15) is 0 Å². The van der Waals surface area contributed by atoms with Crippen LogP contribution in [0, 0.1) is 5.92 Å². The average Bonchev–Trinajstić information content (AvgIpc) is 2.49. The molecule has 1 aliphatic rings. The van der Waals surface area contributed by atoms with Crippen molar-refractivity contribution < 1.29 is 9.59 Å². The third-order valence-corrected chi connectivity index (χ3v) is 3.77. The van der Waals surface area contributed by atoms with Crippen molar-refractivity contribution in [3.05, 3.63) is 34.9 Å². The number of nitrogens with zero attached hydrogens (tertiary/aromatic N) is 1. The van der Waals surface area contributed by atoms with E-state index in [2.05, 4.69) is 10.3 Å². The maximum Gasteiger partial charge on any atom is 0.233 e. The smallest absolute Gasteiger partial charge is 0.233 e. The van der Waals surface area contributed by atoms with Crippen molar-refractivity contribution in [2.75, 3.05) is 0 Å². The highest BCUT2D eigenvalue weighted by Gasteiger charge is 2.27. The van der Waals surface area contributed by atoms with E-state index in [-0.39, 0.29) is 17.7 Å². The van der Waals surface area contributed by atoms with Crippen LogP contribution in [-0.2, 0) is 16.1 Å². The van der Waals surface area contributed by atoms with Crippen molar-refractivity contribution in [1.82, 2.24) is 5.32 Å². The van der Waals surface area contributed by atoms with Gasteiger partial charge in [0.2, 0.25) is 11.8 Å². The lowest BCUT2D eigenvalue weighted by atomic mass is 9.89. The number of rotatable bonds is 4. The minimum atomic E-state index is -0.259. The molecular formula is C17H21N3O2. The molecule has 0 aliphatic carbocycles. The van der Waals surface area contributed by atoms with Gasteiger partial charge in [0.05, 0.1) is 11.6 Å². The van der Waals surface area contributed by atoms with Gasteiger partial charge in [0, 0.05) is 24.7 Å². The average molecular weight is 299 g/mol. The second-order valence-electron chi connectivity index (χ2n) is 5.38. The van der Waals surface area contributed by atoms with Gasteiger partial charge in [-0.15, -0.1) is 0 Å². The molecule has 1 heterocycles. The number of aliphatic imine (C=N–C) groups is 1. The Morgan fingerprint density at radius 3 is 2.86 bits per heavy atom. The fourth-order valence-electron chi connectivity index (χ4n) is 2.56. The summed E-state index contributed by atoms with van der Waals surface area (Å²) < 4.78 is 0. The van der Waals surface area contributed by atoms with Crippen LogP contribution in [0.25, 0.3) is 6.08 Å². The minimum absolute atomic E-state index is 0.197. The highest BCUT2D eigenvalue weighted by molar-refractivity contribution is 6.00. The second kappa shape index (κ2) is 7.13. The van der Waals surface area contributed by atoms with Gasteiger partial charge < -0.3 is 5.73 Å². The van der Waals surface area contributed by atoms with Crippen molar-refractivity contribution in [2.45, 2.75) is 33.2 Å². The number of benzene rings is 1. The summed E-state index contributed by atoms with van der Waals surface area (Å²) in [7, 11) is 0. The molecule has 1 saturated heterocycles. The fraction of sp³-hybridized carbons (Fsp3) is 0.353. The summed E-state index contributed by atoms with van der Waals surface area (Å²) in [6.45, 7) is 4.23. The van der Waals surface area contributed by atoms with E-state index in [0.717, 1.165) is 22.4 Å². The van der Waals surface area contributed by atoms with Crippen LogP contribution in [0.4, 0.5) is 5.69 Å². The molecule has 1 unspecified atom stereocenters. The molecule has 0 aromatic heterocycles. The number of hydrogen-bond acceptors (Lipinski definition) is 4. The van der Waals surface area contributed by atoms with Gasteiger partial charge >= 0.3 is 0 Å². The maximum absolute atomic E-state index is 11.9.